The van der Waals surface area contributed by atoms with Crippen molar-refractivity contribution in [3.8, 4) is 0 Å². The van der Waals surface area contributed by atoms with E-state index in [1.165, 1.54) is 0 Å². The van der Waals surface area contributed by atoms with E-state index in [1.54, 1.807) is 0 Å². The Bertz CT molecular complexity index is 183. The molecule has 1 aliphatic heterocycles. The number of carbonyl (C=O) groups excluding carboxylic acids is 1. The molecule has 1 N–H and O–H groups in total. The second-order valence-corrected chi connectivity index (χ2v) is 4.56. The molecule has 0 aromatic carbocycles. The Balaban J connectivity index is 2.32. The summed E-state index contributed by atoms with van der Waals surface area (Å²) in [4.78, 5) is 11.9. The van der Waals surface area contributed by atoms with Crippen molar-refractivity contribution in [2.45, 2.75) is 40.0 Å². The predicted octanol–water partition coefficient (Wildman–Crippen LogP) is 2.24. The Labute approximate surface area is 87.5 Å². The maximum atomic E-state index is 11.9. The van der Waals surface area contributed by atoms with Crippen LogP contribution in [-0.4, -0.2) is 18.9 Å². The number of hydrogen-bond acceptors (Lipinski definition) is 2. The molecule has 1 saturated heterocycles. The van der Waals surface area contributed by atoms with Gasteiger partial charge in [-0.2, -0.15) is 0 Å². The number of hydrogen-bond donors (Lipinski definition) is 1. The van der Waals surface area contributed by atoms with Gasteiger partial charge in [-0.25, -0.2) is 0 Å². The van der Waals surface area contributed by atoms with E-state index < -0.39 is 0 Å². The molecule has 0 amide bonds. The molecule has 1 fully saturated rings. The van der Waals surface area contributed by atoms with E-state index in [2.05, 4.69) is 26.1 Å². The first-order valence-electron chi connectivity index (χ1n) is 5.92. The van der Waals surface area contributed by atoms with Gasteiger partial charge in [-0.3, -0.25) is 4.79 Å². The van der Waals surface area contributed by atoms with E-state index in [9.17, 15) is 4.79 Å². The summed E-state index contributed by atoms with van der Waals surface area (Å²) in [6, 6.07) is 0. The Morgan fingerprint density at radius 1 is 1.36 bits per heavy atom. The molecule has 0 saturated carbocycles. The minimum absolute atomic E-state index is 0.275. The monoisotopic (exact) mass is 197 g/mol. The molecular formula is C12H23NO. The fourth-order valence-electron chi connectivity index (χ4n) is 1.98. The molecular weight excluding hydrogens is 174 g/mol. The van der Waals surface area contributed by atoms with Gasteiger partial charge in [0.1, 0.15) is 5.78 Å². The highest BCUT2D eigenvalue weighted by Crippen LogP contribution is 2.22. The molecule has 0 radical (unpaired) electrons. The standard InChI is InChI=1S/C12H23NO/c1-4-10(5-2)6-12(14)9(3)11-7-13-8-11/h9-11,13H,4-8H2,1-3H3. The first-order valence-corrected chi connectivity index (χ1v) is 5.92. The van der Waals surface area contributed by atoms with Crippen LogP contribution in [0.25, 0.3) is 0 Å². The number of carbonyl (C=O) groups is 1. The molecule has 0 aromatic heterocycles. The average Bonchev–Trinajstić information content (AvgIpc) is 2.10. The number of nitrogens with one attached hydrogen (secondary N) is 1. The van der Waals surface area contributed by atoms with Gasteiger partial charge in [-0.1, -0.05) is 33.6 Å². The van der Waals surface area contributed by atoms with Crippen molar-refractivity contribution < 1.29 is 4.79 Å². The van der Waals surface area contributed by atoms with Crippen LogP contribution in [0, 0.1) is 17.8 Å². The maximum absolute atomic E-state index is 11.9. The highest BCUT2D eigenvalue weighted by atomic mass is 16.1. The van der Waals surface area contributed by atoms with Crippen molar-refractivity contribution in [1.29, 1.82) is 0 Å². The average molecular weight is 197 g/mol. The zero-order chi connectivity index (χ0) is 10.6. The molecule has 1 unspecified atom stereocenters. The summed E-state index contributed by atoms with van der Waals surface area (Å²) in [5.41, 5.74) is 0. The first kappa shape index (κ1) is 11.7. The molecule has 0 spiro atoms. The fraction of sp³-hybridized carbons (Fsp3) is 0.917. The van der Waals surface area contributed by atoms with Gasteiger partial charge in [0.25, 0.3) is 0 Å². The minimum Gasteiger partial charge on any atom is -0.316 e. The first-order chi connectivity index (χ1) is 6.69. The Hall–Kier alpha value is -0.370. The van der Waals surface area contributed by atoms with Crippen LogP contribution in [0.2, 0.25) is 0 Å². The highest BCUT2D eigenvalue weighted by molar-refractivity contribution is 5.81. The van der Waals surface area contributed by atoms with Gasteiger partial charge >= 0.3 is 0 Å². The molecule has 1 atom stereocenters. The zero-order valence-electron chi connectivity index (χ0n) is 9.68. The summed E-state index contributed by atoms with van der Waals surface area (Å²) in [5, 5.41) is 3.23. The normalized spacial score (nSPS) is 19.4. The second kappa shape index (κ2) is 5.50. The van der Waals surface area contributed by atoms with Gasteiger partial charge in [0, 0.05) is 12.3 Å². The topological polar surface area (TPSA) is 29.1 Å². The minimum atomic E-state index is 0.275. The summed E-state index contributed by atoms with van der Waals surface area (Å²) in [6.45, 7) is 8.52. The van der Waals surface area contributed by atoms with Crippen LogP contribution in [0.4, 0.5) is 0 Å². The quantitative estimate of drug-likeness (QED) is 0.707. The van der Waals surface area contributed by atoms with E-state index in [0.29, 0.717) is 17.6 Å². The van der Waals surface area contributed by atoms with E-state index in [1.807, 2.05) is 0 Å². The lowest BCUT2D eigenvalue weighted by atomic mass is 9.82. The fourth-order valence-corrected chi connectivity index (χ4v) is 1.98. The van der Waals surface area contributed by atoms with Gasteiger partial charge in [-0.05, 0) is 24.9 Å². The molecule has 14 heavy (non-hydrogen) atoms. The van der Waals surface area contributed by atoms with Crippen LogP contribution < -0.4 is 5.32 Å². The van der Waals surface area contributed by atoms with Crippen molar-refractivity contribution in [2.75, 3.05) is 13.1 Å². The smallest absolute Gasteiger partial charge is 0.136 e. The molecule has 2 heteroatoms. The molecule has 2 nitrogen and oxygen atoms in total. The Morgan fingerprint density at radius 3 is 2.29 bits per heavy atom. The molecule has 0 aromatic rings. The summed E-state index contributed by atoms with van der Waals surface area (Å²) in [5.74, 6) is 1.97. The van der Waals surface area contributed by atoms with Crippen LogP contribution >= 0.6 is 0 Å². The van der Waals surface area contributed by atoms with Crippen LogP contribution in [0.5, 0.6) is 0 Å². The SMILES string of the molecule is CCC(CC)CC(=O)C(C)C1CNC1. The van der Waals surface area contributed by atoms with E-state index in [0.717, 1.165) is 32.4 Å². The molecule has 82 valence electrons. The largest absolute Gasteiger partial charge is 0.316 e. The third kappa shape index (κ3) is 2.81. The Morgan fingerprint density at radius 2 is 1.93 bits per heavy atom. The van der Waals surface area contributed by atoms with Crippen molar-refractivity contribution >= 4 is 5.78 Å². The summed E-state index contributed by atoms with van der Waals surface area (Å²) < 4.78 is 0. The number of Topliss-reactive ketones (excluding diaryl/α,β-unsaturated/α-hetero) is 1. The highest BCUT2D eigenvalue weighted by Gasteiger charge is 2.29. The van der Waals surface area contributed by atoms with Crippen LogP contribution in [-0.2, 0) is 4.79 Å². The van der Waals surface area contributed by atoms with Gasteiger partial charge < -0.3 is 5.32 Å². The Kier molecular flexibility index (Phi) is 4.59. The molecule has 1 heterocycles. The summed E-state index contributed by atoms with van der Waals surface area (Å²) in [6.07, 6.45) is 3.07. The molecule has 0 aliphatic carbocycles. The second-order valence-electron chi connectivity index (χ2n) is 4.56. The van der Waals surface area contributed by atoms with E-state index in [4.69, 9.17) is 0 Å². The van der Waals surface area contributed by atoms with Gasteiger partial charge in [0.05, 0.1) is 0 Å². The number of rotatable bonds is 6. The third-order valence-corrected chi connectivity index (χ3v) is 3.67. The molecule has 1 rings (SSSR count). The molecule has 1 aliphatic rings. The van der Waals surface area contributed by atoms with Crippen molar-refractivity contribution in [3.63, 3.8) is 0 Å². The molecule has 0 bridgehead atoms. The van der Waals surface area contributed by atoms with Crippen molar-refractivity contribution in [1.82, 2.24) is 5.32 Å². The van der Waals surface area contributed by atoms with Crippen LogP contribution in [0.3, 0.4) is 0 Å². The van der Waals surface area contributed by atoms with Gasteiger partial charge in [0.2, 0.25) is 0 Å². The van der Waals surface area contributed by atoms with E-state index >= 15 is 0 Å². The lowest BCUT2D eigenvalue weighted by molar-refractivity contribution is -0.125. The maximum Gasteiger partial charge on any atom is 0.136 e. The number of ketones is 1. The summed E-state index contributed by atoms with van der Waals surface area (Å²) in [7, 11) is 0. The van der Waals surface area contributed by atoms with Crippen molar-refractivity contribution in [3.05, 3.63) is 0 Å². The zero-order valence-corrected chi connectivity index (χ0v) is 9.68. The van der Waals surface area contributed by atoms with Crippen molar-refractivity contribution in [2.24, 2.45) is 17.8 Å². The lowest BCUT2D eigenvalue weighted by Gasteiger charge is -2.32. The summed E-state index contributed by atoms with van der Waals surface area (Å²) >= 11 is 0. The predicted molar refractivity (Wildman–Crippen MR) is 59.2 cm³/mol. The van der Waals surface area contributed by atoms with E-state index in [-0.39, 0.29) is 5.92 Å². The van der Waals surface area contributed by atoms with Gasteiger partial charge in [-0.15, -0.1) is 0 Å². The lowest BCUT2D eigenvalue weighted by Crippen LogP contribution is -2.47. The van der Waals surface area contributed by atoms with Crippen LogP contribution in [0.1, 0.15) is 40.0 Å². The van der Waals surface area contributed by atoms with Crippen LogP contribution in [0.15, 0.2) is 0 Å². The third-order valence-electron chi connectivity index (χ3n) is 3.67. The van der Waals surface area contributed by atoms with Gasteiger partial charge in [0.15, 0.2) is 0 Å².